The molecule has 0 unspecified atom stereocenters. The van der Waals surface area contributed by atoms with Crippen molar-refractivity contribution in [3.05, 3.63) is 54.1 Å². The number of anilines is 2. The molecule has 9 heteroatoms. The third-order valence-electron chi connectivity index (χ3n) is 3.18. The maximum atomic E-state index is 12.6. The Kier molecular flexibility index (Phi) is 6.05. The van der Waals surface area contributed by atoms with Gasteiger partial charge in [-0.25, -0.2) is 4.79 Å². The van der Waals surface area contributed by atoms with Crippen LogP contribution in [0.1, 0.15) is 5.56 Å². The van der Waals surface area contributed by atoms with Crippen molar-refractivity contribution in [1.82, 2.24) is 5.32 Å². The van der Waals surface area contributed by atoms with Gasteiger partial charge in [0.1, 0.15) is 5.75 Å². The Morgan fingerprint density at radius 1 is 1.00 bits per heavy atom. The molecule has 0 fully saturated rings. The predicted molar refractivity (Wildman–Crippen MR) is 90.1 cm³/mol. The van der Waals surface area contributed by atoms with E-state index >= 15 is 0 Å². The number of benzene rings is 2. The zero-order valence-corrected chi connectivity index (χ0v) is 13.7. The number of alkyl halides is 3. The lowest BCUT2D eigenvalue weighted by molar-refractivity contribution is -0.137. The summed E-state index contributed by atoms with van der Waals surface area (Å²) in [6.07, 6.45) is -4.48. The van der Waals surface area contributed by atoms with Crippen LogP contribution < -0.4 is 20.7 Å². The zero-order valence-electron chi connectivity index (χ0n) is 13.7. The third-order valence-corrected chi connectivity index (χ3v) is 3.18. The van der Waals surface area contributed by atoms with Crippen LogP contribution in [-0.2, 0) is 11.0 Å². The van der Waals surface area contributed by atoms with E-state index in [1.165, 1.54) is 19.2 Å². The number of urea groups is 1. The Morgan fingerprint density at radius 3 is 2.19 bits per heavy atom. The van der Waals surface area contributed by atoms with Crippen molar-refractivity contribution < 1.29 is 27.5 Å². The summed E-state index contributed by atoms with van der Waals surface area (Å²) in [5.74, 6) is -0.588. The molecule has 0 spiro atoms. The average molecular weight is 367 g/mol. The van der Waals surface area contributed by atoms with Crippen LogP contribution in [0.15, 0.2) is 48.5 Å². The number of ether oxygens (including phenoxy) is 1. The minimum absolute atomic E-state index is 0.0555. The van der Waals surface area contributed by atoms with Gasteiger partial charge in [-0.3, -0.25) is 4.79 Å². The topological polar surface area (TPSA) is 79.5 Å². The molecule has 0 atom stereocenters. The SMILES string of the molecule is CNC(=O)Nc1ccc(NC(=O)COc2cccc(C(F)(F)F)c2)cc1. The molecule has 3 N–H and O–H groups in total. The molecule has 2 aromatic rings. The number of hydrogen-bond acceptors (Lipinski definition) is 3. The van der Waals surface area contributed by atoms with Crippen LogP contribution in [0.4, 0.5) is 29.3 Å². The highest BCUT2D eigenvalue weighted by molar-refractivity contribution is 5.93. The van der Waals surface area contributed by atoms with Crippen molar-refractivity contribution in [3.63, 3.8) is 0 Å². The first kappa shape index (κ1) is 19.1. The van der Waals surface area contributed by atoms with Crippen LogP contribution in [0.5, 0.6) is 5.75 Å². The average Bonchev–Trinajstić information content (AvgIpc) is 2.61. The molecule has 0 aliphatic heterocycles. The third kappa shape index (κ3) is 5.69. The Hall–Kier alpha value is -3.23. The summed E-state index contributed by atoms with van der Waals surface area (Å²) >= 11 is 0. The van der Waals surface area contributed by atoms with Crippen LogP contribution in [0, 0.1) is 0 Å². The van der Waals surface area contributed by atoms with Gasteiger partial charge in [0.05, 0.1) is 5.56 Å². The van der Waals surface area contributed by atoms with E-state index in [4.69, 9.17) is 4.74 Å². The molecule has 6 nitrogen and oxygen atoms in total. The van der Waals surface area contributed by atoms with Crippen molar-refractivity contribution in [1.29, 1.82) is 0 Å². The number of rotatable bonds is 5. The van der Waals surface area contributed by atoms with E-state index in [1.54, 1.807) is 24.3 Å². The summed E-state index contributed by atoms with van der Waals surface area (Å²) in [5.41, 5.74) is 0.127. The molecule has 0 saturated carbocycles. The number of hydrogen-bond donors (Lipinski definition) is 3. The molecule has 2 aromatic carbocycles. The Morgan fingerprint density at radius 2 is 1.62 bits per heavy atom. The molecular weight excluding hydrogens is 351 g/mol. The summed E-state index contributed by atoms with van der Waals surface area (Å²) < 4.78 is 43.0. The Labute approximate surface area is 147 Å². The Bertz CT molecular complexity index is 777. The second-order valence-corrected chi connectivity index (χ2v) is 5.14. The largest absolute Gasteiger partial charge is 0.484 e. The molecule has 0 radical (unpaired) electrons. The first-order chi connectivity index (χ1) is 12.3. The maximum absolute atomic E-state index is 12.6. The first-order valence-electron chi connectivity index (χ1n) is 7.46. The fourth-order valence-electron chi connectivity index (χ4n) is 1.94. The molecule has 26 heavy (non-hydrogen) atoms. The molecule has 0 heterocycles. The fourth-order valence-corrected chi connectivity index (χ4v) is 1.94. The molecule has 3 amide bonds. The lowest BCUT2D eigenvalue weighted by atomic mass is 10.2. The molecule has 0 aliphatic carbocycles. The van der Waals surface area contributed by atoms with E-state index in [-0.39, 0.29) is 11.8 Å². The van der Waals surface area contributed by atoms with Crippen molar-refractivity contribution >= 4 is 23.3 Å². The molecule has 0 aromatic heterocycles. The van der Waals surface area contributed by atoms with E-state index in [1.807, 2.05) is 0 Å². The molecule has 0 saturated heterocycles. The second-order valence-electron chi connectivity index (χ2n) is 5.14. The summed E-state index contributed by atoms with van der Waals surface area (Å²) in [4.78, 5) is 23.0. The monoisotopic (exact) mass is 367 g/mol. The molecule has 138 valence electrons. The highest BCUT2D eigenvalue weighted by atomic mass is 19.4. The predicted octanol–water partition coefficient (Wildman–Crippen LogP) is 3.47. The zero-order chi connectivity index (χ0) is 19.2. The number of amides is 3. The number of halogens is 3. The summed E-state index contributed by atoms with van der Waals surface area (Å²) in [5, 5.41) is 7.49. The van der Waals surface area contributed by atoms with Gasteiger partial charge in [0.25, 0.3) is 5.91 Å². The van der Waals surface area contributed by atoms with Crippen LogP contribution in [0.2, 0.25) is 0 Å². The van der Waals surface area contributed by atoms with Gasteiger partial charge in [-0.15, -0.1) is 0 Å². The number of carbonyl (C=O) groups is 2. The van der Waals surface area contributed by atoms with E-state index in [2.05, 4.69) is 16.0 Å². The van der Waals surface area contributed by atoms with Crippen LogP contribution in [-0.4, -0.2) is 25.6 Å². The Balaban J connectivity index is 1.88. The van der Waals surface area contributed by atoms with Crippen molar-refractivity contribution in [2.24, 2.45) is 0 Å². The summed E-state index contributed by atoms with van der Waals surface area (Å²) in [6, 6.07) is 10.2. The number of nitrogens with one attached hydrogen (secondary N) is 3. The molecule has 0 aliphatic rings. The molecular formula is C17H16F3N3O3. The van der Waals surface area contributed by atoms with E-state index in [0.717, 1.165) is 12.1 Å². The minimum atomic E-state index is -4.48. The van der Waals surface area contributed by atoms with Crippen LogP contribution in [0.25, 0.3) is 0 Å². The van der Waals surface area contributed by atoms with Gasteiger partial charge in [0.2, 0.25) is 0 Å². The molecule has 2 rings (SSSR count). The normalized spacial score (nSPS) is 10.8. The van der Waals surface area contributed by atoms with Crippen molar-refractivity contribution in [2.45, 2.75) is 6.18 Å². The van der Waals surface area contributed by atoms with Gasteiger partial charge in [-0.2, -0.15) is 13.2 Å². The summed E-state index contributed by atoms with van der Waals surface area (Å²) in [6.45, 7) is -0.445. The smallest absolute Gasteiger partial charge is 0.416 e. The van der Waals surface area contributed by atoms with E-state index in [0.29, 0.717) is 11.4 Å². The first-order valence-corrected chi connectivity index (χ1v) is 7.46. The van der Waals surface area contributed by atoms with Gasteiger partial charge >= 0.3 is 12.2 Å². The van der Waals surface area contributed by atoms with E-state index in [9.17, 15) is 22.8 Å². The minimum Gasteiger partial charge on any atom is -0.484 e. The standard InChI is InChI=1S/C17H16F3N3O3/c1-21-16(25)23-13-7-5-12(6-8-13)22-15(24)10-26-14-4-2-3-11(9-14)17(18,19)20/h2-9H,10H2,1H3,(H,22,24)(H2,21,23,25). The van der Waals surface area contributed by atoms with Gasteiger partial charge < -0.3 is 20.7 Å². The fraction of sp³-hybridized carbons (Fsp3) is 0.176. The second kappa shape index (κ2) is 8.24. The lowest BCUT2D eigenvalue weighted by Gasteiger charge is -2.11. The van der Waals surface area contributed by atoms with E-state index < -0.39 is 24.3 Å². The van der Waals surface area contributed by atoms with Gasteiger partial charge in [-0.05, 0) is 42.5 Å². The van der Waals surface area contributed by atoms with Crippen molar-refractivity contribution in [2.75, 3.05) is 24.3 Å². The van der Waals surface area contributed by atoms with Crippen LogP contribution in [0.3, 0.4) is 0 Å². The highest BCUT2D eigenvalue weighted by Gasteiger charge is 2.30. The van der Waals surface area contributed by atoms with Gasteiger partial charge in [0.15, 0.2) is 6.61 Å². The lowest BCUT2D eigenvalue weighted by Crippen LogP contribution is -2.24. The van der Waals surface area contributed by atoms with Crippen molar-refractivity contribution in [3.8, 4) is 5.75 Å². The quantitative estimate of drug-likeness (QED) is 0.757. The molecule has 0 bridgehead atoms. The maximum Gasteiger partial charge on any atom is 0.416 e. The highest BCUT2D eigenvalue weighted by Crippen LogP contribution is 2.31. The van der Waals surface area contributed by atoms with Crippen LogP contribution >= 0.6 is 0 Å². The van der Waals surface area contributed by atoms with Gasteiger partial charge in [-0.1, -0.05) is 6.07 Å². The number of carbonyl (C=O) groups excluding carboxylic acids is 2. The summed E-state index contributed by atoms with van der Waals surface area (Å²) in [7, 11) is 1.48. The van der Waals surface area contributed by atoms with Gasteiger partial charge in [0, 0.05) is 18.4 Å².